The maximum atomic E-state index is 13.4. The molecule has 5 nitrogen and oxygen atoms in total. The number of halogens is 1. The standard InChI is InChI=1S/C19H20FNO4/c1-3-25-17(13-7-5-4-6-8-13)18(22)21-16(19(23)24)14-9-10-15(20)12(2)11-14/h4-11,16-17H,3H2,1-2H3,(H,21,22)(H,23,24). The summed E-state index contributed by atoms with van der Waals surface area (Å²) in [5, 5.41) is 11.9. The summed E-state index contributed by atoms with van der Waals surface area (Å²) in [4.78, 5) is 24.2. The highest BCUT2D eigenvalue weighted by Gasteiger charge is 2.28. The number of carboxylic acid groups (broad SMARTS) is 1. The number of carboxylic acids is 1. The Morgan fingerprint density at radius 1 is 1.16 bits per heavy atom. The number of aryl methyl sites for hydroxylation is 1. The van der Waals surface area contributed by atoms with Gasteiger partial charge in [0.25, 0.3) is 5.91 Å². The number of hydrogen-bond donors (Lipinski definition) is 2. The van der Waals surface area contributed by atoms with Crippen LogP contribution in [0.4, 0.5) is 4.39 Å². The fourth-order valence-corrected chi connectivity index (χ4v) is 2.47. The third-order valence-electron chi connectivity index (χ3n) is 3.72. The quantitative estimate of drug-likeness (QED) is 0.808. The van der Waals surface area contributed by atoms with E-state index in [-0.39, 0.29) is 0 Å². The summed E-state index contributed by atoms with van der Waals surface area (Å²) in [6, 6.07) is 11.5. The van der Waals surface area contributed by atoms with Gasteiger partial charge in [0.05, 0.1) is 0 Å². The summed E-state index contributed by atoms with van der Waals surface area (Å²) < 4.78 is 18.9. The van der Waals surface area contributed by atoms with Gasteiger partial charge < -0.3 is 15.2 Å². The molecule has 0 saturated heterocycles. The number of carbonyl (C=O) groups is 2. The van der Waals surface area contributed by atoms with Gasteiger partial charge >= 0.3 is 5.97 Å². The number of hydrogen-bond acceptors (Lipinski definition) is 3. The summed E-state index contributed by atoms with van der Waals surface area (Å²) in [6.07, 6.45) is -0.922. The molecule has 2 rings (SSSR count). The zero-order valence-corrected chi connectivity index (χ0v) is 14.0. The minimum absolute atomic E-state index is 0.292. The second kappa shape index (κ2) is 8.39. The predicted octanol–water partition coefficient (Wildman–Crippen LogP) is 3.15. The van der Waals surface area contributed by atoms with Crippen LogP contribution in [0.1, 0.15) is 35.8 Å². The highest BCUT2D eigenvalue weighted by atomic mass is 19.1. The van der Waals surface area contributed by atoms with Crippen molar-refractivity contribution in [2.45, 2.75) is 26.0 Å². The van der Waals surface area contributed by atoms with E-state index in [9.17, 15) is 19.1 Å². The number of amides is 1. The highest BCUT2D eigenvalue weighted by molar-refractivity contribution is 5.87. The Balaban J connectivity index is 2.26. The Hall–Kier alpha value is -2.73. The summed E-state index contributed by atoms with van der Waals surface area (Å²) in [7, 11) is 0. The van der Waals surface area contributed by atoms with E-state index in [4.69, 9.17) is 4.74 Å². The molecule has 0 fully saturated rings. The number of benzene rings is 2. The van der Waals surface area contributed by atoms with Crippen LogP contribution in [0.3, 0.4) is 0 Å². The topological polar surface area (TPSA) is 75.6 Å². The van der Waals surface area contributed by atoms with Crippen LogP contribution in [0.2, 0.25) is 0 Å². The molecule has 132 valence electrons. The molecule has 1 amide bonds. The minimum Gasteiger partial charge on any atom is -0.479 e. The molecule has 0 saturated carbocycles. The van der Waals surface area contributed by atoms with Crippen molar-refractivity contribution >= 4 is 11.9 Å². The largest absolute Gasteiger partial charge is 0.479 e. The summed E-state index contributed by atoms with van der Waals surface area (Å²) in [6.45, 7) is 3.58. The molecule has 0 aliphatic heterocycles. The molecule has 0 heterocycles. The van der Waals surface area contributed by atoms with E-state index >= 15 is 0 Å². The first kappa shape index (κ1) is 18.6. The van der Waals surface area contributed by atoms with Crippen molar-refractivity contribution in [2.24, 2.45) is 0 Å². The molecule has 0 aliphatic rings. The maximum absolute atomic E-state index is 13.4. The van der Waals surface area contributed by atoms with Crippen molar-refractivity contribution < 1.29 is 23.8 Å². The van der Waals surface area contributed by atoms with E-state index in [1.165, 1.54) is 25.1 Å². The maximum Gasteiger partial charge on any atom is 0.330 e. The lowest BCUT2D eigenvalue weighted by Gasteiger charge is -2.21. The molecule has 2 unspecified atom stereocenters. The van der Waals surface area contributed by atoms with Gasteiger partial charge in [-0.2, -0.15) is 0 Å². The zero-order valence-electron chi connectivity index (χ0n) is 14.0. The van der Waals surface area contributed by atoms with E-state index in [0.29, 0.717) is 23.3 Å². The van der Waals surface area contributed by atoms with Crippen LogP contribution in [0, 0.1) is 12.7 Å². The van der Waals surface area contributed by atoms with Crippen LogP contribution in [-0.2, 0) is 14.3 Å². The molecule has 2 aromatic rings. The van der Waals surface area contributed by atoms with Gasteiger partial charge in [-0.3, -0.25) is 4.79 Å². The molecule has 0 radical (unpaired) electrons. The lowest BCUT2D eigenvalue weighted by Crippen LogP contribution is -2.37. The molecule has 0 spiro atoms. The predicted molar refractivity (Wildman–Crippen MR) is 90.5 cm³/mol. The average molecular weight is 345 g/mol. The molecular weight excluding hydrogens is 325 g/mol. The van der Waals surface area contributed by atoms with Gasteiger partial charge in [-0.15, -0.1) is 0 Å². The van der Waals surface area contributed by atoms with E-state index < -0.39 is 29.8 Å². The van der Waals surface area contributed by atoms with Crippen molar-refractivity contribution in [2.75, 3.05) is 6.61 Å². The number of nitrogens with one attached hydrogen (secondary N) is 1. The smallest absolute Gasteiger partial charge is 0.330 e. The Morgan fingerprint density at radius 2 is 1.84 bits per heavy atom. The Bertz CT molecular complexity index is 748. The van der Waals surface area contributed by atoms with Gasteiger partial charge in [-0.05, 0) is 36.6 Å². The van der Waals surface area contributed by atoms with E-state index in [0.717, 1.165) is 0 Å². The molecule has 2 N–H and O–H groups in total. The van der Waals surface area contributed by atoms with Crippen LogP contribution in [0.5, 0.6) is 0 Å². The molecule has 2 atom stereocenters. The van der Waals surface area contributed by atoms with Crippen LogP contribution in [0.15, 0.2) is 48.5 Å². The second-order valence-corrected chi connectivity index (χ2v) is 5.53. The first-order valence-corrected chi connectivity index (χ1v) is 7.89. The number of aliphatic carboxylic acids is 1. The van der Waals surface area contributed by atoms with Crippen molar-refractivity contribution in [3.8, 4) is 0 Å². The number of ether oxygens (including phenoxy) is 1. The second-order valence-electron chi connectivity index (χ2n) is 5.53. The average Bonchev–Trinajstić information content (AvgIpc) is 2.60. The zero-order chi connectivity index (χ0) is 18.4. The monoisotopic (exact) mass is 345 g/mol. The van der Waals surface area contributed by atoms with Gasteiger partial charge in [-0.1, -0.05) is 42.5 Å². The van der Waals surface area contributed by atoms with Gasteiger partial charge in [0, 0.05) is 6.61 Å². The fraction of sp³-hybridized carbons (Fsp3) is 0.263. The van der Waals surface area contributed by atoms with Crippen molar-refractivity contribution in [3.63, 3.8) is 0 Å². The summed E-state index contributed by atoms with van der Waals surface area (Å²) >= 11 is 0. The fourth-order valence-electron chi connectivity index (χ4n) is 2.47. The van der Waals surface area contributed by atoms with Crippen LogP contribution in [0.25, 0.3) is 0 Å². The van der Waals surface area contributed by atoms with Gasteiger partial charge in [0.1, 0.15) is 5.82 Å². The first-order valence-electron chi connectivity index (χ1n) is 7.89. The van der Waals surface area contributed by atoms with Crippen LogP contribution >= 0.6 is 0 Å². The van der Waals surface area contributed by atoms with Gasteiger partial charge in [0.2, 0.25) is 0 Å². The van der Waals surface area contributed by atoms with Gasteiger partial charge in [-0.25, -0.2) is 9.18 Å². The molecule has 0 aliphatic carbocycles. The summed E-state index contributed by atoms with van der Waals surface area (Å²) in [5.74, 6) is -2.24. The first-order chi connectivity index (χ1) is 11.9. The van der Waals surface area contributed by atoms with Crippen LogP contribution < -0.4 is 5.32 Å². The number of rotatable bonds is 7. The highest BCUT2D eigenvalue weighted by Crippen LogP contribution is 2.21. The Kier molecular flexibility index (Phi) is 6.25. The van der Waals surface area contributed by atoms with Crippen molar-refractivity contribution in [1.29, 1.82) is 0 Å². The summed E-state index contributed by atoms with van der Waals surface area (Å²) in [5.41, 5.74) is 1.23. The van der Waals surface area contributed by atoms with Gasteiger partial charge in [0.15, 0.2) is 12.1 Å². The molecule has 0 bridgehead atoms. The Morgan fingerprint density at radius 3 is 2.40 bits per heavy atom. The molecule has 2 aromatic carbocycles. The van der Waals surface area contributed by atoms with Crippen LogP contribution in [-0.4, -0.2) is 23.6 Å². The lowest BCUT2D eigenvalue weighted by atomic mass is 10.0. The normalized spacial score (nSPS) is 13.1. The molecule has 6 heteroatoms. The molecular formula is C19H20FNO4. The third-order valence-corrected chi connectivity index (χ3v) is 3.72. The lowest BCUT2D eigenvalue weighted by molar-refractivity contribution is -0.144. The van der Waals surface area contributed by atoms with E-state index in [2.05, 4.69) is 5.32 Å². The molecule has 0 aromatic heterocycles. The Labute approximate surface area is 145 Å². The van der Waals surface area contributed by atoms with Crippen molar-refractivity contribution in [1.82, 2.24) is 5.32 Å². The SMILES string of the molecule is CCOC(C(=O)NC(C(=O)O)c1ccc(F)c(C)c1)c1ccccc1. The van der Waals surface area contributed by atoms with Crippen molar-refractivity contribution in [3.05, 3.63) is 71.0 Å². The number of carbonyl (C=O) groups excluding carboxylic acids is 1. The molecule has 25 heavy (non-hydrogen) atoms. The van der Waals surface area contributed by atoms with E-state index in [1.54, 1.807) is 31.2 Å². The minimum atomic E-state index is -1.29. The third kappa shape index (κ3) is 4.64. The van der Waals surface area contributed by atoms with E-state index in [1.807, 2.05) is 6.07 Å².